The zero-order valence-corrected chi connectivity index (χ0v) is 21.8. The molecule has 0 saturated carbocycles. The summed E-state index contributed by atoms with van der Waals surface area (Å²) in [4.78, 5) is 21.6. The van der Waals surface area contributed by atoms with Gasteiger partial charge < -0.3 is 4.57 Å². The summed E-state index contributed by atoms with van der Waals surface area (Å²) in [6.07, 6.45) is 7.97. The molecular weight excluding hydrogens is 504 g/mol. The molecule has 0 spiro atoms. The molecule has 0 saturated heterocycles. The van der Waals surface area contributed by atoms with Gasteiger partial charge in [-0.15, -0.1) is 0 Å². The van der Waals surface area contributed by atoms with Gasteiger partial charge in [0.25, 0.3) is 5.56 Å². The highest BCUT2D eigenvalue weighted by atomic mass is 35.5. The number of aromatic nitrogens is 4. The zero-order valence-electron chi connectivity index (χ0n) is 21.1. The van der Waals surface area contributed by atoms with Gasteiger partial charge in [0.1, 0.15) is 11.4 Å². The van der Waals surface area contributed by atoms with Gasteiger partial charge in [-0.05, 0) is 34.4 Å². The van der Waals surface area contributed by atoms with E-state index in [0.29, 0.717) is 17.3 Å². The lowest BCUT2D eigenvalue weighted by molar-refractivity contribution is 0.514. The lowest BCUT2D eigenvalue weighted by Gasteiger charge is -2.37. The van der Waals surface area contributed by atoms with Gasteiger partial charge in [0.15, 0.2) is 0 Å². The minimum atomic E-state index is -0.606. The molecule has 0 radical (unpaired) electrons. The number of hydrogen-bond acceptors (Lipinski definition) is 3. The molecule has 0 aliphatic rings. The monoisotopic (exact) mass is 528 g/mol. The molecule has 6 heteroatoms. The van der Waals surface area contributed by atoms with Crippen molar-refractivity contribution in [1.29, 1.82) is 0 Å². The van der Waals surface area contributed by atoms with Crippen molar-refractivity contribution in [2.75, 3.05) is 0 Å². The second-order valence-corrected chi connectivity index (χ2v) is 9.77. The van der Waals surface area contributed by atoms with Crippen LogP contribution < -0.4 is 5.56 Å². The predicted molar refractivity (Wildman–Crippen MR) is 154 cm³/mol. The molecule has 6 rings (SSSR count). The summed E-state index contributed by atoms with van der Waals surface area (Å²) < 4.78 is 3.64. The molecule has 0 aliphatic heterocycles. The Labute approximate surface area is 231 Å². The average molecular weight is 529 g/mol. The lowest BCUT2D eigenvalue weighted by atomic mass is 9.77. The average Bonchev–Trinajstić information content (AvgIpc) is 3.45. The van der Waals surface area contributed by atoms with Crippen LogP contribution in [-0.4, -0.2) is 19.1 Å². The standard InChI is InChI=1S/C33H25ClN4O/c34-29-17-19-32(39)38(22-29)31-18-16-25(21-35-31)20-30-23-37(24-36-30)33(26-10-4-1-5-11-26,27-12-6-2-7-13-27)28-14-8-3-9-15-28/h1-19,21-24H,20H2. The van der Waals surface area contributed by atoms with Gasteiger partial charge in [0, 0.05) is 31.1 Å². The Kier molecular flexibility index (Phi) is 6.66. The maximum atomic E-state index is 12.2. The van der Waals surface area contributed by atoms with Crippen molar-refractivity contribution in [2.45, 2.75) is 12.0 Å². The van der Waals surface area contributed by atoms with Crippen LogP contribution in [0.1, 0.15) is 27.9 Å². The predicted octanol–water partition coefficient (Wildman–Crippen LogP) is 6.51. The second-order valence-electron chi connectivity index (χ2n) is 9.34. The van der Waals surface area contributed by atoms with Crippen molar-refractivity contribution in [3.63, 3.8) is 0 Å². The number of hydrogen-bond donors (Lipinski definition) is 0. The molecule has 0 N–H and O–H groups in total. The third-order valence-electron chi connectivity index (χ3n) is 6.91. The van der Waals surface area contributed by atoms with Crippen molar-refractivity contribution in [1.82, 2.24) is 19.1 Å². The van der Waals surface area contributed by atoms with Crippen molar-refractivity contribution in [3.05, 3.63) is 184 Å². The fourth-order valence-electron chi connectivity index (χ4n) is 5.14. The summed E-state index contributed by atoms with van der Waals surface area (Å²) in [5, 5.41) is 0.477. The van der Waals surface area contributed by atoms with E-state index in [0.717, 1.165) is 27.9 Å². The van der Waals surface area contributed by atoms with Crippen LogP contribution in [0.5, 0.6) is 0 Å². The Morgan fingerprint density at radius 2 is 1.26 bits per heavy atom. The SMILES string of the molecule is O=c1ccc(Cl)cn1-c1ccc(Cc2cn(C(c3ccccc3)(c3ccccc3)c3ccccc3)cn2)cn1. The van der Waals surface area contributed by atoms with Crippen LogP contribution in [0.2, 0.25) is 5.02 Å². The lowest BCUT2D eigenvalue weighted by Crippen LogP contribution is -2.36. The number of benzene rings is 3. The topological polar surface area (TPSA) is 52.7 Å². The maximum Gasteiger partial charge on any atom is 0.256 e. The molecule has 3 aromatic heterocycles. The van der Waals surface area contributed by atoms with E-state index in [1.54, 1.807) is 18.5 Å². The summed E-state index contributed by atoms with van der Waals surface area (Å²) in [7, 11) is 0. The Bertz CT molecular complexity index is 1650. The number of pyridine rings is 2. The van der Waals surface area contributed by atoms with E-state index in [9.17, 15) is 4.79 Å². The molecule has 0 fully saturated rings. The molecule has 0 amide bonds. The maximum absolute atomic E-state index is 12.2. The van der Waals surface area contributed by atoms with E-state index in [2.05, 4.69) is 88.5 Å². The Balaban J connectivity index is 1.41. The number of halogens is 1. The van der Waals surface area contributed by atoms with Gasteiger partial charge in [0.2, 0.25) is 0 Å². The molecule has 0 aliphatic carbocycles. The van der Waals surface area contributed by atoms with Gasteiger partial charge in [0.05, 0.1) is 17.0 Å². The fourth-order valence-corrected chi connectivity index (χ4v) is 5.30. The summed E-state index contributed by atoms with van der Waals surface area (Å²) >= 11 is 6.08. The first kappa shape index (κ1) is 24.6. The molecule has 6 aromatic rings. The van der Waals surface area contributed by atoms with Crippen molar-refractivity contribution in [2.24, 2.45) is 0 Å². The number of imidazole rings is 1. The molecule has 190 valence electrons. The van der Waals surface area contributed by atoms with Crippen LogP contribution in [0.15, 0.2) is 145 Å². The molecule has 5 nitrogen and oxygen atoms in total. The highest BCUT2D eigenvalue weighted by Gasteiger charge is 2.38. The van der Waals surface area contributed by atoms with E-state index in [1.807, 2.05) is 36.7 Å². The highest BCUT2D eigenvalue weighted by Crippen LogP contribution is 2.40. The molecule has 0 unspecified atom stereocenters. The van der Waals surface area contributed by atoms with Gasteiger partial charge >= 0.3 is 0 Å². The van der Waals surface area contributed by atoms with E-state index in [-0.39, 0.29) is 5.56 Å². The highest BCUT2D eigenvalue weighted by molar-refractivity contribution is 6.30. The van der Waals surface area contributed by atoms with Crippen LogP contribution in [0.4, 0.5) is 0 Å². The molecule has 3 heterocycles. The first-order valence-electron chi connectivity index (χ1n) is 12.7. The number of rotatable bonds is 7. The molecule has 0 atom stereocenters. The van der Waals surface area contributed by atoms with Gasteiger partial charge in [-0.1, -0.05) is 109 Å². The first-order valence-corrected chi connectivity index (χ1v) is 13.1. The van der Waals surface area contributed by atoms with E-state index >= 15 is 0 Å². The summed E-state index contributed by atoms with van der Waals surface area (Å²) in [6, 6.07) is 38.4. The molecule has 3 aromatic carbocycles. The smallest absolute Gasteiger partial charge is 0.256 e. The van der Waals surface area contributed by atoms with E-state index in [1.165, 1.54) is 10.6 Å². The van der Waals surface area contributed by atoms with Crippen LogP contribution in [0.3, 0.4) is 0 Å². The van der Waals surface area contributed by atoms with Gasteiger partial charge in [-0.25, -0.2) is 9.97 Å². The second kappa shape index (κ2) is 10.6. The van der Waals surface area contributed by atoms with Crippen molar-refractivity contribution in [3.8, 4) is 5.82 Å². The van der Waals surface area contributed by atoms with Crippen LogP contribution in [0, 0.1) is 0 Å². The zero-order chi connectivity index (χ0) is 26.7. The molecule has 39 heavy (non-hydrogen) atoms. The number of nitrogens with zero attached hydrogens (tertiary/aromatic N) is 4. The largest absolute Gasteiger partial charge is 0.319 e. The molecular formula is C33H25ClN4O. The van der Waals surface area contributed by atoms with Crippen LogP contribution in [0.25, 0.3) is 5.82 Å². The summed E-state index contributed by atoms with van der Waals surface area (Å²) in [5.74, 6) is 0.521. The van der Waals surface area contributed by atoms with Gasteiger partial charge in [-0.3, -0.25) is 9.36 Å². The summed E-state index contributed by atoms with van der Waals surface area (Å²) in [6.45, 7) is 0. The van der Waals surface area contributed by atoms with Gasteiger partial charge in [-0.2, -0.15) is 0 Å². The first-order chi connectivity index (χ1) is 19.1. The van der Waals surface area contributed by atoms with E-state index in [4.69, 9.17) is 16.6 Å². The van der Waals surface area contributed by atoms with Crippen LogP contribution >= 0.6 is 11.6 Å². The van der Waals surface area contributed by atoms with Crippen molar-refractivity contribution >= 4 is 11.6 Å². The third-order valence-corrected chi connectivity index (χ3v) is 7.14. The third kappa shape index (κ3) is 4.69. The quantitative estimate of drug-likeness (QED) is 0.222. The minimum absolute atomic E-state index is 0.183. The van der Waals surface area contributed by atoms with E-state index < -0.39 is 5.54 Å². The Morgan fingerprint density at radius 3 is 1.79 bits per heavy atom. The summed E-state index contributed by atoms with van der Waals surface area (Å²) in [5.41, 5.74) is 4.54. The molecule has 0 bridgehead atoms. The fraction of sp³-hybridized carbons (Fsp3) is 0.0606. The van der Waals surface area contributed by atoms with Crippen LogP contribution in [-0.2, 0) is 12.0 Å². The minimum Gasteiger partial charge on any atom is -0.319 e. The Hall–Kier alpha value is -4.74. The normalized spacial score (nSPS) is 11.4. The Morgan fingerprint density at radius 1 is 0.667 bits per heavy atom. The van der Waals surface area contributed by atoms with Crippen molar-refractivity contribution < 1.29 is 0 Å².